The summed E-state index contributed by atoms with van der Waals surface area (Å²) in [7, 11) is 3.26. The molecule has 18 heavy (non-hydrogen) atoms. The second-order valence-electron chi connectivity index (χ2n) is 4.59. The van der Waals surface area contributed by atoms with E-state index in [1.807, 2.05) is 18.2 Å². The Bertz CT molecular complexity index is 389. The predicted molar refractivity (Wildman–Crippen MR) is 70.1 cm³/mol. The van der Waals surface area contributed by atoms with Gasteiger partial charge < -0.3 is 19.9 Å². The van der Waals surface area contributed by atoms with Crippen LogP contribution in [0.3, 0.4) is 0 Å². The Morgan fingerprint density at radius 1 is 1.33 bits per heavy atom. The molecule has 1 saturated heterocycles. The van der Waals surface area contributed by atoms with E-state index < -0.39 is 0 Å². The lowest BCUT2D eigenvalue weighted by atomic mass is 10.00. The van der Waals surface area contributed by atoms with Gasteiger partial charge in [0.05, 0.1) is 20.3 Å². The van der Waals surface area contributed by atoms with Gasteiger partial charge in [-0.1, -0.05) is 6.07 Å². The molecule has 1 aliphatic rings. The number of ether oxygens (including phenoxy) is 3. The van der Waals surface area contributed by atoms with Gasteiger partial charge >= 0.3 is 0 Å². The lowest BCUT2D eigenvalue weighted by molar-refractivity contribution is 0.0983. The summed E-state index contributed by atoms with van der Waals surface area (Å²) >= 11 is 0. The molecular formula is C14H21NO3. The lowest BCUT2D eigenvalue weighted by Crippen LogP contribution is -2.18. The van der Waals surface area contributed by atoms with Crippen LogP contribution in [0, 0.1) is 0 Å². The zero-order valence-electron chi connectivity index (χ0n) is 11.0. The van der Waals surface area contributed by atoms with Crippen molar-refractivity contribution >= 4 is 0 Å². The molecule has 0 amide bonds. The average Bonchev–Trinajstić information content (AvgIpc) is 2.90. The van der Waals surface area contributed by atoms with E-state index in [0.29, 0.717) is 6.10 Å². The van der Waals surface area contributed by atoms with Crippen molar-refractivity contribution in [3.8, 4) is 11.5 Å². The molecule has 1 aromatic rings. The second kappa shape index (κ2) is 6.07. The zero-order valence-corrected chi connectivity index (χ0v) is 11.0. The van der Waals surface area contributed by atoms with Gasteiger partial charge in [-0.15, -0.1) is 0 Å². The van der Waals surface area contributed by atoms with Crippen molar-refractivity contribution in [1.29, 1.82) is 0 Å². The Morgan fingerprint density at radius 3 is 2.72 bits per heavy atom. The second-order valence-corrected chi connectivity index (χ2v) is 4.59. The normalized spacial score (nSPS) is 20.7. The molecule has 0 aromatic heterocycles. The Morgan fingerprint density at radius 2 is 2.11 bits per heavy atom. The topological polar surface area (TPSA) is 53.7 Å². The third kappa shape index (κ3) is 2.94. The molecule has 2 N–H and O–H groups in total. The first-order chi connectivity index (χ1) is 8.74. The third-order valence-corrected chi connectivity index (χ3v) is 3.38. The van der Waals surface area contributed by atoms with Crippen LogP contribution in [0.15, 0.2) is 18.2 Å². The molecule has 0 spiro atoms. The molecule has 0 radical (unpaired) electrons. The summed E-state index contributed by atoms with van der Waals surface area (Å²) in [5.41, 5.74) is 7.27. The lowest BCUT2D eigenvalue weighted by Gasteiger charge is -2.18. The van der Waals surface area contributed by atoms with Crippen molar-refractivity contribution in [2.24, 2.45) is 5.73 Å². The molecule has 2 atom stereocenters. The highest BCUT2D eigenvalue weighted by Gasteiger charge is 2.20. The molecule has 1 heterocycles. The first-order valence-corrected chi connectivity index (χ1v) is 6.33. The SMILES string of the molecule is COc1ccc(C(N)CC2CCCO2)cc1OC. The maximum absolute atomic E-state index is 6.21. The summed E-state index contributed by atoms with van der Waals surface area (Å²) in [5.74, 6) is 1.45. The first-order valence-electron chi connectivity index (χ1n) is 6.33. The fourth-order valence-electron chi connectivity index (χ4n) is 2.33. The number of hydrogen-bond acceptors (Lipinski definition) is 4. The molecule has 0 saturated carbocycles. The number of methoxy groups -OCH3 is 2. The summed E-state index contributed by atoms with van der Waals surface area (Å²) in [6.07, 6.45) is 3.41. The summed E-state index contributed by atoms with van der Waals surface area (Å²) in [6.45, 7) is 0.864. The number of nitrogens with two attached hydrogens (primary N) is 1. The van der Waals surface area contributed by atoms with Gasteiger partial charge in [0.1, 0.15) is 0 Å². The van der Waals surface area contributed by atoms with Crippen molar-refractivity contribution < 1.29 is 14.2 Å². The Hall–Kier alpha value is -1.26. The Balaban J connectivity index is 2.06. The van der Waals surface area contributed by atoms with E-state index in [0.717, 1.165) is 42.9 Å². The van der Waals surface area contributed by atoms with Gasteiger partial charge in [0, 0.05) is 12.6 Å². The van der Waals surface area contributed by atoms with E-state index in [2.05, 4.69) is 0 Å². The van der Waals surface area contributed by atoms with Gasteiger partial charge in [-0.3, -0.25) is 0 Å². The molecule has 0 bridgehead atoms. The van der Waals surface area contributed by atoms with Crippen LogP contribution in [0.2, 0.25) is 0 Å². The van der Waals surface area contributed by atoms with Gasteiger partial charge in [-0.05, 0) is 37.0 Å². The summed E-state index contributed by atoms with van der Waals surface area (Å²) in [5, 5.41) is 0. The predicted octanol–water partition coefficient (Wildman–Crippen LogP) is 2.27. The summed E-state index contributed by atoms with van der Waals surface area (Å²) < 4.78 is 16.1. The van der Waals surface area contributed by atoms with Crippen LogP contribution in [0.5, 0.6) is 11.5 Å². The average molecular weight is 251 g/mol. The molecule has 1 aromatic carbocycles. The fraction of sp³-hybridized carbons (Fsp3) is 0.571. The van der Waals surface area contributed by atoms with Crippen molar-refractivity contribution in [3.05, 3.63) is 23.8 Å². The van der Waals surface area contributed by atoms with Crippen molar-refractivity contribution in [2.45, 2.75) is 31.4 Å². The van der Waals surface area contributed by atoms with Gasteiger partial charge in [0.25, 0.3) is 0 Å². The van der Waals surface area contributed by atoms with Crippen molar-refractivity contribution in [3.63, 3.8) is 0 Å². The number of hydrogen-bond donors (Lipinski definition) is 1. The fourth-order valence-corrected chi connectivity index (χ4v) is 2.33. The molecule has 0 aliphatic carbocycles. The van der Waals surface area contributed by atoms with Crippen LogP contribution < -0.4 is 15.2 Å². The molecule has 1 fully saturated rings. The molecular weight excluding hydrogens is 230 g/mol. The van der Waals surface area contributed by atoms with E-state index >= 15 is 0 Å². The van der Waals surface area contributed by atoms with Crippen molar-refractivity contribution in [2.75, 3.05) is 20.8 Å². The van der Waals surface area contributed by atoms with Crippen LogP contribution in [0.25, 0.3) is 0 Å². The van der Waals surface area contributed by atoms with Crippen LogP contribution in [0.4, 0.5) is 0 Å². The smallest absolute Gasteiger partial charge is 0.161 e. The van der Waals surface area contributed by atoms with Crippen LogP contribution in [-0.4, -0.2) is 26.9 Å². The Labute approximate surface area is 108 Å². The molecule has 4 nitrogen and oxygen atoms in total. The highest BCUT2D eigenvalue weighted by atomic mass is 16.5. The third-order valence-electron chi connectivity index (χ3n) is 3.38. The first kappa shape index (κ1) is 13.2. The molecule has 2 rings (SSSR count). The van der Waals surface area contributed by atoms with E-state index in [1.165, 1.54) is 0 Å². The molecule has 2 unspecified atom stereocenters. The van der Waals surface area contributed by atoms with E-state index in [-0.39, 0.29) is 6.04 Å². The molecule has 4 heteroatoms. The zero-order chi connectivity index (χ0) is 13.0. The minimum absolute atomic E-state index is 0.0205. The Kier molecular flexibility index (Phi) is 4.44. The van der Waals surface area contributed by atoms with Crippen molar-refractivity contribution in [1.82, 2.24) is 0 Å². The molecule has 100 valence electrons. The standard InChI is InChI=1S/C14H21NO3/c1-16-13-6-5-10(8-14(13)17-2)12(15)9-11-4-3-7-18-11/h5-6,8,11-12H,3-4,7,9,15H2,1-2H3. The van der Waals surface area contributed by atoms with Gasteiger partial charge in [-0.25, -0.2) is 0 Å². The maximum Gasteiger partial charge on any atom is 0.161 e. The van der Waals surface area contributed by atoms with E-state index in [4.69, 9.17) is 19.9 Å². The summed E-state index contributed by atoms with van der Waals surface area (Å²) in [6, 6.07) is 5.80. The highest BCUT2D eigenvalue weighted by Crippen LogP contribution is 2.31. The van der Waals surface area contributed by atoms with Gasteiger partial charge in [0.2, 0.25) is 0 Å². The summed E-state index contributed by atoms with van der Waals surface area (Å²) in [4.78, 5) is 0. The van der Waals surface area contributed by atoms with Gasteiger partial charge in [0.15, 0.2) is 11.5 Å². The number of benzene rings is 1. The minimum Gasteiger partial charge on any atom is -0.493 e. The van der Waals surface area contributed by atoms with Crippen LogP contribution in [0.1, 0.15) is 30.9 Å². The van der Waals surface area contributed by atoms with Gasteiger partial charge in [-0.2, -0.15) is 0 Å². The van der Waals surface area contributed by atoms with Crippen LogP contribution >= 0.6 is 0 Å². The van der Waals surface area contributed by atoms with E-state index in [1.54, 1.807) is 14.2 Å². The quantitative estimate of drug-likeness (QED) is 0.872. The number of rotatable bonds is 5. The minimum atomic E-state index is -0.0205. The van der Waals surface area contributed by atoms with Crippen LogP contribution in [-0.2, 0) is 4.74 Å². The largest absolute Gasteiger partial charge is 0.493 e. The van der Waals surface area contributed by atoms with E-state index in [9.17, 15) is 0 Å². The monoisotopic (exact) mass is 251 g/mol. The highest BCUT2D eigenvalue weighted by molar-refractivity contribution is 5.43. The maximum atomic E-state index is 6.21. The molecule has 1 aliphatic heterocycles.